The number of alkyl halides is 1. The maximum atomic E-state index is 11.6. The highest BCUT2D eigenvalue weighted by molar-refractivity contribution is 6.27. The summed E-state index contributed by atoms with van der Waals surface area (Å²) in [6, 6.07) is 18.1. The number of aliphatic hydroxyl groups excluding tert-OH is 1. The Morgan fingerprint density at radius 1 is 1.00 bits per heavy atom. The van der Waals surface area contributed by atoms with Crippen LogP contribution >= 0.6 is 11.6 Å². The average molecular weight is 290 g/mol. The third-order valence-corrected chi connectivity index (χ3v) is 3.30. The van der Waals surface area contributed by atoms with Gasteiger partial charge in [-0.15, -0.1) is 11.6 Å². The summed E-state index contributed by atoms with van der Waals surface area (Å²) < 4.78 is 0. The summed E-state index contributed by atoms with van der Waals surface area (Å²) in [6.45, 7) is 0. The normalized spacial score (nSPS) is 13.5. The quantitative estimate of drug-likeness (QED) is 0.832. The van der Waals surface area contributed by atoms with Gasteiger partial charge in [0.1, 0.15) is 12.0 Å². The number of rotatable bonds is 5. The number of benzene rings is 2. The standard InChI is InChI=1S/C16H16ClNO2/c17-11-14(19)18-15(12-7-3-1-4-8-12)16(20)13-9-5-2-6-10-13/h1-10,15-16,20H,11H2,(H,18,19)/t15-,16+/m1/s1. The van der Waals surface area contributed by atoms with Crippen LogP contribution in [0.1, 0.15) is 23.3 Å². The topological polar surface area (TPSA) is 49.3 Å². The monoisotopic (exact) mass is 289 g/mol. The number of carbonyl (C=O) groups is 1. The molecule has 2 aromatic rings. The molecule has 0 aliphatic carbocycles. The number of halogens is 1. The van der Waals surface area contributed by atoms with E-state index in [9.17, 15) is 9.90 Å². The minimum atomic E-state index is -0.828. The second kappa shape index (κ2) is 7.08. The number of nitrogens with one attached hydrogen (secondary N) is 1. The van der Waals surface area contributed by atoms with Gasteiger partial charge in [-0.25, -0.2) is 0 Å². The van der Waals surface area contributed by atoms with Crippen molar-refractivity contribution in [1.82, 2.24) is 5.32 Å². The zero-order valence-corrected chi connectivity index (χ0v) is 11.6. The minimum Gasteiger partial charge on any atom is -0.386 e. The molecule has 104 valence electrons. The molecule has 0 spiro atoms. The lowest BCUT2D eigenvalue weighted by Gasteiger charge is -2.24. The molecule has 4 heteroatoms. The Balaban J connectivity index is 2.29. The molecule has 2 N–H and O–H groups in total. The van der Waals surface area contributed by atoms with Crippen LogP contribution in [0.5, 0.6) is 0 Å². The summed E-state index contributed by atoms with van der Waals surface area (Å²) in [5.74, 6) is -0.444. The molecule has 0 heterocycles. The highest BCUT2D eigenvalue weighted by atomic mass is 35.5. The van der Waals surface area contributed by atoms with Crippen molar-refractivity contribution in [2.24, 2.45) is 0 Å². The van der Waals surface area contributed by atoms with E-state index < -0.39 is 12.1 Å². The van der Waals surface area contributed by atoms with Crippen molar-refractivity contribution >= 4 is 17.5 Å². The van der Waals surface area contributed by atoms with Crippen LogP contribution in [-0.2, 0) is 4.79 Å². The first-order chi connectivity index (χ1) is 9.72. The van der Waals surface area contributed by atoms with Gasteiger partial charge in [0.05, 0.1) is 6.04 Å². The van der Waals surface area contributed by atoms with Gasteiger partial charge in [0.15, 0.2) is 0 Å². The van der Waals surface area contributed by atoms with Crippen molar-refractivity contribution in [2.45, 2.75) is 12.1 Å². The maximum absolute atomic E-state index is 11.6. The molecule has 0 saturated heterocycles. The Morgan fingerprint density at radius 3 is 2.00 bits per heavy atom. The number of hydrogen-bond acceptors (Lipinski definition) is 2. The lowest BCUT2D eigenvalue weighted by Crippen LogP contribution is -2.33. The van der Waals surface area contributed by atoms with E-state index >= 15 is 0 Å². The molecular weight excluding hydrogens is 274 g/mol. The van der Waals surface area contributed by atoms with E-state index in [-0.39, 0.29) is 11.8 Å². The molecule has 0 aliphatic heterocycles. The predicted molar refractivity (Wildman–Crippen MR) is 79.4 cm³/mol. The molecule has 0 aromatic heterocycles. The van der Waals surface area contributed by atoms with Crippen LogP contribution in [0.3, 0.4) is 0 Å². The third-order valence-electron chi connectivity index (χ3n) is 3.05. The molecule has 0 aliphatic rings. The first kappa shape index (κ1) is 14.6. The van der Waals surface area contributed by atoms with Gasteiger partial charge in [-0.3, -0.25) is 4.79 Å². The zero-order chi connectivity index (χ0) is 14.4. The van der Waals surface area contributed by atoms with Crippen LogP contribution < -0.4 is 5.32 Å². The van der Waals surface area contributed by atoms with Crippen molar-refractivity contribution in [2.75, 3.05) is 5.88 Å². The average Bonchev–Trinajstić information content (AvgIpc) is 2.53. The number of hydrogen-bond donors (Lipinski definition) is 2. The molecule has 2 rings (SSSR count). The van der Waals surface area contributed by atoms with E-state index in [2.05, 4.69) is 5.32 Å². The Hall–Kier alpha value is -1.84. The van der Waals surface area contributed by atoms with Gasteiger partial charge < -0.3 is 10.4 Å². The lowest BCUT2D eigenvalue weighted by molar-refractivity contribution is -0.120. The van der Waals surface area contributed by atoms with Crippen molar-refractivity contribution in [1.29, 1.82) is 0 Å². The molecule has 0 unspecified atom stereocenters. The molecule has 0 fully saturated rings. The van der Waals surface area contributed by atoms with Crippen LogP contribution in [0, 0.1) is 0 Å². The van der Waals surface area contributed by atoms with Gasteiger partial charge in [0, 0.05) is 0 Å². The lowest BCUT2D eigenvalue weighted by atomic mass is 9.96. The van der Waals surface area contributed by atoms with Crippen LogP contribution in [0.25, 0.3) is 0 Å². The highest BCUT2D eigenvalue weighted by Crippen LogP contribution is 2.28. The van der Waals surface area contributed by atoms with E-state index in [1.807, 2.05) is 60.7 Å². The summed E-state index contributed by atoms with van der Waals surface area (Å²) >= 11 is 5.54. The van der Waals surface area contributed by atoms with Crippen molar-refractivity contribution < 1.29 is 9.90 Å². The van der Waals surface area contributed by atoms with Gasteiger partial charge >= 0.3 is 0 Å². The fourth-order valence-electron chi connectivity index (χ4n) is 2.06. The van der Waals surface area contributed by atoms with Crippen LogP contribution in [-0.4, -0.2) is 16.9 Å². The molecule has 0 bridgehead atoms. The predicted octanol–water partition coefficient (Wildman–Crippen LogP) is 2.82. The van der Waals surface area contributed by atoms with Gasteiger partial charge in [-0.05, 0) is 11.1 Å². The summed E-state index contributed by atoms with van der Waals surface area (Å²) in [5.41, 5.74) is 1.58. The number of amides is 1. The second-order valence-electron chi connectivity index (χ2n) is 4.45. The summed E-state index contributed by atoms with van der Waals surface area (Å²) in [7, 11) is 0. The Kier molecular flexibility index (Phi) is 5.16. The molecule has 1 amide bonds. The van der Waals surface area contributed by atoms with E-state index in [4.69, 9.17) is 11.6 Å². The van der Waals surface area contributed by atoms with E-state index in [1.54, 1.807) is 0 Å². The Bertz CT molecular complexity index is 545. The van der Waals surface area contributed by atoms with Crippen LogP contribution in [0.15, 0.2) is 60.7 Å². The first-order valence-corrected chi connectivity index (χ1v) is 6.89. The zero-order valence-electron chi connectivity index (χ0n) is 10.9. The molecule has 2 atom stereocenters. The molecule has 0 saturated carbocycles. The fourth-order valence-corrected chi connectivity index (χ4v) is 2.14. The first-order valence-electron chi connectivity index (χ1n) is 6.35. The van der Waals surface area contributed by atoms with Crippen LogP contribution in [0.4, 0.5) is 0 Å². The van der Waals surface area contributed by atoms with Crippen molar-refractivity contribution in [3.8, 4) is 0 Å². The smallest absolute Gasteiger partial charge is 0.235 e. The van der Waals surface area contributed by atoms with Crippen molar-refractivity contribution in [3.63, 3.8) is 0 Å². The number of aliphatic hydroxyl groups is 1. The van der Waals surface area contributed by atoms with Gasteiger partial charge in [-0.2, -0.15) is 0 Å². The minimum absolute atomic E-state index is 0.134. The Morgan fingerprint density at radius 2 is 1.50 bits per heavy atom. The molecule has 2 aromatic carbocycles. The molecular formula is C16H16ClNO2. The molecule has 20 heavy (non-hydrogen) atoms. The largest absolute Gasteiger partial charge is 0.386 e. The maximum Gasteiger partial charge on any atom is 0.235 e. The second-order valence-corrected chi connectivity index (χ2v) is 4.71. The van der Waals surface area contributed by atoms with Gasteiger partial charge in [-0.1, -0.05) is 60.7 Å². The van der Waals surface area contributed by atoms with E-state index in [0.29, 0.717) is 0 Å². The third kappa shape index (κ3) is 3.59. The van der Waals surface area contributed by atoms with Crippen LogP contribution in [0.2, 0.25) is 0 Å². The highest BCUT2D eigenvalue weighted by Gasteiger charge is 2.23. The van der Waals surface area contributed by atoms with E-state index in [0.717, 1.165) is 11.1 Å². The summed E-state index contributed by atoms with van der Waals surface area (Å²) in [6.07, 6.45) is -0.828. The van der Waals surface area contributed by atoms with Crippen molar-refractivity contribution in [3.05, 3.63) is 71.8 Å². The van der Waals surface area contributed by atoms with Gasteiger partial charge in [0.25, 0.3) is 0 Å². The number of carbonyl (C=O) groups excluding carboxylic acids is 1. The fraction of sp³-hybridized carbons (Fsp3) is 0.188. The molecule has 3 nitrogen and oxygen atoms in total. The summed E-state index contributed by atoms with van der Waals surface area (Å²) in [5, 5.41) is 13.3. The SMILES string of the molecule is O=C(CCl)N[C@H](c1ccccc1)[C@@H](O)c1ccccc1. The van der Waals surface area contributed by atoms with Gasteiger partial charge in [0.2, 0.25) is 5.91 Å². The Labute approximate surface area is 123 Å². The van der Waals surface area contributed by atoms with E-state index in [1.165, 1.54) is 0 Å². The molecule has 0 radical (unpaired) electrons. The summed E-state index contributed by atoms with van der Waals surface area (Å²) in [4.78, 5) is 11.6.